The third kappa shape index (κ3) is 3.14. The van der Waals surface area contributed by atoms with E-state index in [2.05, 4.69) is 20.8 Å². The number of aliphatic hydroxyl groups is 1. The summed E-state index contributed by atoms with van der Waals surface area (Å²) in [6.45, 7) is 6.86. The van der Waals surface area contributed by atoms with Gasteiger partial charge in [-0.15, -0.1) is 0 Å². The molecule has 0 aromatic heterocycles. The van der Waals surface area contributed by atoms with Crippen LogP contribution in [0.4, 0.5) is 0 Å². The quantitative estimate of drug-likeness (QED) is 0.592. The predicted octanol–water partition coefficient (Wildman–Crippen LogP) is 2.83. The molecular weight excluding hydrogens is 148 g/mol. The SMILES string of the molecule is CC1CC(C)CC(O)CC(C)C1. The van der Waals surface area contributed by atoms with Crippen LogP contribution in [-0.4, -0.2) is 11.2 Å². The van der Waals surface area contributed by atoms with Crippen molar-refractivity contribution in [1.29, 1.82) is 0 Å². The topological polar surface area (TPSA) is 20.2 Å². The molecule has 0 saturated heterocycles. The van der Waals surface area contributed by atoms with Gasteiger partial charge in [-0.25, -0.2) is 0 Å². The van der Waals surface area contributed by atoms with E-state index >= 15 is 0 Å². The molecule has 1 nitrogen and oxygen atoms in total. The Kier molecular flexibility index (Phi) is 3.57. The molecule has 1 rings (SSSR count). The lowest BCUT2D eigenvalue weighted by Crippen LogP contribution is -2.21. The van der Waals surface area contributed by atoms with Gasteiger partial charge in [0, 0.05) is 0 Å². The van der Waals surface area contributed by atoms with Crippen LogP contribution in [0.15, 0.2) is 0 Å². The van der Waals surface area contributed by atoms with Crippen LogP contribution in [0.25, 0.3) is 0 Å². The summed E-state index contributed by atoms with van der Waals surface area (Å²) >= 11 is 0. The number of aliphatic hydroxyl groups excluding tert-OH is 1. The van der Waals surface area contributed by atoms with Gasteiger partial charge >= 0.3 is 0 Å². The number of hydrogen-bond donors (Lipinski definition) is 1. The second-order valence-electron chi connectivity index (χ2n) is 4.91. The second-order valence-corrected chi connectivity index (χ2v) is 4.91. The molecule has 0 amide bonds. The van der Waals surface area contributed by atoms with Gasteiger partial charge in [-0.1, -0.05) is 20.8 Å². The van der Waals surface area contributed by atoms with Gasteiger partial charge in [0.15, 0.2) is 0 Å². The highest BCUT2D eigenvalue weighted by Crippen LogP contribution is 2.29. The van der Waals surface area contributed by atoms with Crippen molar-refractivity contribution in [3.05, 3.63) is 0 Å². The maximum Gasteiger partial charge on any atom is 0.0545 e. The molecule has 2 atom stereocenters. The summed E-state index contributed by atoms with van der Waals surface area (Å²) in [4.78, 5) is 0. The van der Waals surface area contributed by atoms with Crippen LogP contribution < -0.4 is 0 Å². The molecule has 0 heterocycles. The average molecular weight is 170 g/mol. The summed E-state index contributed by atoms with van der Waals surface area (Å²) in [5, 5.41) is 9.64. The minimum absolute atomic E-state index is 0.0394. The van der Waals surface area contributed by atoms with E-state index in [1.807, 2.05) is 0 Å². The summed E-state index contributed by atoms with van der Waals surface area (Å²) in [5.41, 5.74) is 0. The van der Waals surface area contributed by atoms with E-state index in [0.717, 1.165) is 18.8 Å². The highest BCUT2D eigenvalue weighted by atomic mass is 16.3. The van der Waals surface area contributed by atoms with Crippen molar-refractivity contribution in [3.63, 3.8) is 0 Å². The van der Waals surface area contributed by atoms with Gasteiger partial charge in [-0.3, -0.25) is 0 Å². The molecule has 2 unspecified atom stereocenters. The number of rotatable bonds is 0. The molecule has 1 heteroatoms. The van der Waals surface area contributed by atoms with Crippen molar-refractivity contribution in [2.24, 2.45) is 17.8 Å². The molecule has 0 bridgehead atoms. The van der Waals surface area contributed by atoms with Gasteiger partial charge in [0.2, 0.25) is 0 Å². The van der Waals surface area contributed by atoms with E-state index in [0.29, 0.717) is 11.8 Å². The van der Waals surface area contributed by atoms with Gasteiger partial charge in [0.05, 0.1) is 6.10 Å². The van der Waals surface area contributed by atoms with Crippen LogP contribution in [0.2, 0.25) is 0 Å². The summed E-state index contributed by atoms with van der Waals surface area (Å²) in [6.07, 6.45) is 4.56. The van der Waals surface area contributed by atoms with Crippen molar-refractivity contribution in [2.45, 2.75) is 52.6 Å². The van der Waals surface area contributed by atoms with Crippen molar-refractivity contribution < 1.29 is 5.11 Å². The number of hydrogen-bond acceptors (Lipinski definition) is 1. The van der Waals surface area contributed by atoms with Gasteiger partial charge in [-0.05, 0) is 43.4 Å². The molecule has 1 saturated carbocycles. The van der Waals surface area contributed by atoms with E-state index in [9.17, 15) is 5.11 Å². The first-order valence-electron chi connectivity index (χ1n) is 5.26. The molecule has 12 heavy (non-hydrogen) atoms. The van der Waals surface area contributed by atoms with Crippen LogP contribution in [-0.2, 0) is 0 Å². The minimum atomic E-state index is -0.0394. The summed E-state index contributed by atoms with van der Waals surface area (Å²) in [5.74, 6) is 2.27. The fraction of sp³-hybridized carbons (Fsp3) is 1.00. The Morgan fingerprint density at radius 1 is 0.750 bits per heavy atom. The van der Waals surface area contributed by atoms with E-state index in [1.54, 1.807) is 0 Å². The van der Waals surface area contributed by atoms with Crippen LogP contribution in [0.1, 0.15) is 46.5 Å². The smallest absolute Gasteiger partial charge is 0.0545 e. The first-order valence-corrected chi connectivity index (χ1v) is 5.26. The van der Waals surface area contributed by atoms with Gasteiger partial charge in [-0.2, -0.15) is 0 Å². The Balaban J connectivity index is 2.45. The first-order chi connectivity index (χ1) is 5.58. The normalized spacial score (nSPS) is 45.0. The van der Waals surface area contributed by atoms with E-state index in [4.69, 9.17) is 0 Å². The Hall–Kier alpha value is -0.0400. The maximum absolute atomic E-state index is 9.64. The van der Waals surface area contributed by atoms with Crippen molar-refractivity contribution in [2.75, 3.05) is 0 Å². The summed E-state index contributed by atoms with van der Waals surface area (Å²) in [7, 11) is 0. The van der Waals surface area contributed by atoms with Gasteiger partial charge in [0.1, 0.15) is 0 Å². The van der Waals surface area contributed by atoms with Crippen molar-refractivity contribution in [3.8, 4) is 0 Å². The Bertz CT molecular complexity index is 93.0. The molecule has 1 aliphatic carbocycles. The predicted molar refractivity (Wildman–Crippen MR) is 52.0 cm³/mol. The Morgan fingerprint density at radius 2 is 1.08 bits per heavy atom. The summed E-state index contributed by atoms with van der Waals surface area (Å²) < 4.78 is 0. The lowest BCUT2D eigenvalue weighted by atomic mass is 9.81. The molecule has 1 N–H and O–H groups in total. The fourth-order valence-electron chi connectivity index (χ4n) is 2.69. The highest BCUT2D eigenvalue weighted by molar-refractivity contribution is 4.73. The molecular formula is C11H22O. The third-order valence-corrected chi connectivity index (χ3v) is 2.96. The second kappa shape index (κ2) is 4.27. The lowest BCUT2D eigenvalue weighted by molar-refractivity contribution is 0.0940. The minimum Gasteiger partial charge on any atom is -0.393 e. The molecule has 0 aromatic carbocycles. The van der Waals surface area contributed by atoms with Crippen molar-refractivity contribution >= 4 is 0 Å². The first kappa shape index (κ1) is 10.0. The Morgan fingerprint density at radius 3 is 1.50 bits per heavy atom. The molecule has 0 aromatic rings. The standard InChI is InChI=1S/C11H22O/c1-8-4-9(2)6-11(12)7-10(3)5-8/h8-12H,4-7H2,1-3H3. The zero-order valence-electron chi connectivity index (χ0n) is 8.59. The van der Waals surface area contributed by atoms with Crippen molar-refractivity contribution in [1.82, 2.24) is 0 Å². The zero-order valence-corrected chi connectivity index (χ0v) is 8.59. The molecule has 0 radical (unpaired) electrons. The van der Waals surface area contributed by atoms with Gasteiger partial charge < -0.3 is 5.11 Å². The van der Waals surface area contributed by atoms with E-state index in [1.165, 1.54) is 12.8 Å². The van der Waals surface area contributed by atoms with Crippen LogP contribution in [0.3, 0.4) is 0 Å². The molecule has 72 valence electrons. The monoisotopic (exact) mass is 170 g/mol. The molecule has 1 fully saturated rings. The van der Waals surface area contributed by atoms with Crippen LogP contribution in [0, 0.1) is 17.8 Å². The maximum atomic E-state index is 9.64. The largest absolute Gasteiger partial charge is 0.393 e. The molecule has 1 aliphatic rings. The lowest BCUT2D eigenvalue weighted by Gasteiger charge is -2.27. The average Bonchev–Trinajstić information content (AvgIpc) is 1.81. The van der Waals surface area contributed by atoms with E-state index < -0.39 is 0 Å². The summed E-state index contributed by atoms with van der Waals surface area (Å²) in [6, 6.07) is 0. The third-order valence-electron chi connectivity index (χ3n) is 2.96. The van der Waals surface area contributed by atoms with Crippen LogP contribution in [0.5, 0.6) is 0 Å². The zero-order chi connectivity index (χ0) is 9.14. The van der Waals surface area contributed by atoms with Gasteiger partial charge in [0.25, 0.3) is 0 Å². The molecule has 0 aliphatic heterocycles. The Labute approximate surface area is 76.2 Å². The fourth-order valence-corrected chi connectivity index (χ4v) is 2.69. The van der Waals surface area contributed by atoms with E-state index in [-0.39, 0.29) is 6.10 Å². The molecule has 0 spiro atoms. The van der Waals surface area contributed by atoms with Crippen LogP contribution >= 0.6 is 0 Å². The highest BCUT2D eigenvalue weighted by Gasteiger charge is 2.21.